The van der Waals surface area contributed by atoms with E-state index in [-0.39, 0.29) is 10.5 Å². The van der Waals surface area contributed by atoms with Crippen LogP contribution in [0.15, 0.2) is 23.1 Å². The van der Waals surface area contributed by atoms with Crippen molar-refractivity contribution in [2.75, 3.05) is 6.61 Å². The highest BCUT2D eigenvalue weighted by Gasteiger charge is 2.22. The fourth-order valence-corrected chi connectivity index (χ4v) is 2.55. The molecule has 0 N–H and O–H groups in total. The molecule has 1 fully saturated rings. The first-order chi connectivity index (χ1) is 8.88. The fraction of sp³-hybridized carbons (Fsp3) is 0.462. The molecule has 4 nitrogen and oxygen atoms in total. The van der Waals surface area contributed by atoms with Gasteiger partial charge in [-0.3, -0.25) is 0 Å². The molecule has 0 unspecified atom stereocenters. The second-order valence-corrected chi connectivity index (χ2v) is 7.35. The molecule has 104 valence electrons. The minimum absolute atomic E-state index is 0.0890. The van der Waals surface area contributed by atoms with Crippen molar-refractivity contribution >= 4 is 25.7 Å². The van der Waals surface area contributed by atoms with Crippen LogP contribution in [0.25, 0.3) is 0 Å². The molecule has 0 radical (unpaired) electrons. The van der Waals surface area contributed by atoms with Gasteiger partial charge in [-0.15, -0.1) is 0 Å². The lowest BCUT2D eigenvalue weighted by atomic mass is 10.1. The number of aryl methyl sites for hydroxylation is 1. The van der Waals surface area contributed by atoms with E-state index < -0.39 is 15.0 Å². The summed E-state index contributed by atoms with van der Waals surface area (Å²) in [7, 11) is 1.43. The van der Waals surface area contributed by atoms with Crippen LogP contribution in [-0.2, 0) is 13.8 Å². The third kappa shape index (κ3) is 3.94. The van der Waals surface area contributed by atoms with E-state index in [0.29, 0.717) is 18.1 Å². The van der Waals surface area contributed by atoms with Crippen molar-refractivity contribution in [2.24, 2.45) is 5.92 Å². The average molecular weight is 303 g/mol. The van der Waals surface area contributed by atoms with Crippen LogP contribution in [-0.4, -0.2) is 21.0 Å². The molecule has 0 spiro atoms. The van der Waals surface area contributed by atoms with Crippen molar-refractivity contribution in [3.05, 3.63) is 29.3 Å². The second kappa shape index (κ2) is 5.51. The quantitative estimate of drug-likeness (QED) is 0.620. The molecular weight excluding hydrogens is 288 g/mol. The molecule has 0 heterocycles. The second-order valence-electron chi connectivity index (χ2n) is 4.78. The van der Waals surface area contributed by atoms with Gasteiger partial charge in [0, 0.05) is 10.7 Å². The Morgan fingerprint density at radius 3 is 2.68 bits per heavy atom. The summed E-state index contributed by atoms with van der Waals surface area (Å²) < 4.78 is 27.6. The number of hydrogen-bond acceptors (Lipinski definition) is 4. The lowest BCUT2D eigenvalue weighted by Gasteiger charge is -2.08. The number of carbonyl (C=O) groups is 1. The molecule has 2 rings (SSSR count). The Morgan fingerprint density at radius 2 is 2.11 bits per heavy atom. The molecular formula is C13H15ClO4S. The van der Waals surface area contributed by atoms with Crippen LogP contribution in [0.1, 0.15) is 35.2 Å². The first kappa shape index (κ1) is 14.3. The van der Waals surface area contributed by atoms with Gasteiger partial charge in [-0.05, 0) is 37.0 Å². The van der Waals surface area contributed by atoms with Crippen molar-refractivity contribution in [3.63, 3.8) is 0 Å². The van der Waals surface area contributed by atoms with Gasteiger partial charge in [-0.25, -0.2) is 13.2 Å². The van der Waals surface area contributed by atoms with Crippen molar-refractivity contribution < 1.29 is 17.9 Å². The normalized spacial score (nSPS) is 15.3. The van der Waals surface area contributed by atoms with Crippen LogP contribution < -0.4 is 0 Å². The maximum absolute atomic E-state index is 11.9. The predicted octanol–water partition coefficient (Wildman–Crippen LogP) is 2.88. The maximum atomic E-state index is 11.9. The summed E-state index contributed by atoms with van der Waals surface area (Å²) in [5.41, 5.74) is 0.915. The van der Waals surface area contributed by atoms with Gasteiger partial charge >= 0.3 is 5.97 Å². The topological polar surface area (TPSA) is 60.4 Å². The van der Waals surface area contributed by atoms with Gasteiger partial charge < -0.3 is 4.74 Å². The molecule has 0 amide bonds. The summed E-state index contributed by atoms with van der Waals surface area (Å²) in [6, 6.07) is 4.18. The molecule has 0 aromatic heterocycles. The number of halogens is 1. The minimum atomic E-state index is -3.84. The van der Waals surface area contributed by atoms with E-state index in [1.165, 1.54) is 25.0 Å². The average Bonchev–Trinajstić information content (AvgIpc) is 3.12. The van der Waals surface area contributed by atoms with E-state index in [4.69, 9.17) is 15.4 Å². The summed E-state index contributed by atoms with van der Waals surface area (Å²) in [6.45, 7) is 2.10. The number of rotatable bonds is 5. The smallest absolute Gasteiger partial charge is 0.338 e. The highest BCUT2D eigenvalue weighted by molar-refractivity contribution is 8.13. The lowest BCUT2D eigenvalue weighted by molar-refractivity contribution is 0.0494. The third-order valence-electron chi connectivity index (χ3n) is 3.17. The molecule has 0 saturated heterocycles. The first-order valence-electron chi connectivity index (χ1n) is 6.10. The third-order valence-corrected chi connectivity index (χ3v) is 4.52. The molecule has 6 heteroatoms. The van der Waals surface area contributed by atoms with Crippen molar-refractivity contribution in [3.8, 4) is 0 Å². The van der Waals surface area contributed by atoms with Crippen molar-refractivity contribution in [1.82, 2.24) is 0 Å². The number of esters is 1. The Morgan fingerprint density at radius 1 is 1.42 bits per heavy atom. The van der Waals surface area contributed by atoms with Gasteiger partial charge in [-0.1, -0.05) is 18.9 Å². The van der Waals surface area contributed by atoms with Crippen LogP contribution >= 0.6 is 10.7 Å². The Hall–Kier alpha value is -1.07. The highest BCUT2D eigenvalue weighted by atomic mass is 35.7. The monoisotopic (exact) mass is 302 g/mol. The predicted molar refractivity (Wildman–Crippen MR) is 71.8 cm³/mol. The van der Waals surface area contributed by atoms with E-state index in [9.17, 15) is 13.2 Å². The zero-order chi connectivity index (χ0) is 14.0. The maximum Gasteiger partial charge on any atom is 0.338 e. The number of ether oxygens (including phenoxy) is 1. The summed E-state index contributed by atoms with van der Waals surface area (Å²) in [4.78, 5) is 11.8. The molecule has 0 atom stereocenters. The van der Waals surface area contributed by atoms with E-state index in [2.05, 4.69) is 0 Å². The van der Waals surface area contributed by atoms with Crippen LogP contribution in [0.2, 0.25) is 0 Å². The van der Waals surface area contributed by atoms with Gasteiger partial charge in [0.25, 0.3) is 9.05 Å². The molecule has 0 bridgehead atoms. The lowest BCUT2D eigenvalue weighted by Crippen LogP contribution is -2.09. The van der Waals surface area contributed by atoms with Gasteiger partial charge in [0.2, 0.25) is 0 Å². The minimum Gasteiger partial charge on any atom is -0.462 e. The zero-order valence-corrected chi connectivity index (χ0v) is 12.1. The zero-order valence-electron chi connectivity index (χ0n) is 10.6. The van der Waals surface area contributed by atoms with Crippen molar-refractivity contribution in [2.45, 2.75) is 31.1 Å². The standard InChI is InChI=1S/C13H15ClO4S/c1-9-2-5-11(19(14,16)17)8-12(9)13(15)18-7-6-10-3-4-10/h2,5,8,10H,3-4,6-7H2,1H3. The van der Waals surface area contributed by atoms with Crippen LogP contribution in [0.3, 0.4) is 0 Å². The van der Waals surface area contributed by atoms with Gasteiger partial charge in [0.05, 0.1) is 17.1 Å². The number of benzene rings is 1. The largest absolute Gasteiger partial charge is 0.462 e. The molecule has 0 aliphatic heterocycles. The van der Waals surface area contributed by atoms with Crippen LogP contribution in [0, 0.1) is 12.8 Å². The Bertz CT molecular complexity index is 591. The summed E-state index contributed by atoms with van der Waals surface area (Å²) in [5.74, 6) is 0.184. The van der Waals surface area contributed by atoms with E-state index in [1.54, 1.807) is 13.0 Å². The van der Waals surface area contributed by atoms with E-state index in [1.807, 2.05) is 0 Å². The fourth-order valence-electron chi connectivity index (χ4n) is 1.78. The Balaban J connectivity index is 2.10. The van der Waals surface area contributed by atoms with E-state index in [0.717, 1.165) is 6.42 Å². The molecule has 1 saturated carbocycles. The molecule has 1 aromatic carbocycles. The van der Waals surface area contributed by atoms with Gasteiger partial charge in [-0.2, -0.15) is 0 Å². The number of hydrogen-bond donors (Lipinski definition) is 0. The molecule has 1 aliphatic carbocycles. The Labute approximate surface area is 117 Å². The Kier molecular flexibility index (Phi) is 4.16. The SMILES string of the molecule is Cc1ccc(S(=O)(=O)Cl)cc1C(=O)OCCC1CC1. The summed E-state index contributed by atoms with van der Waals surface area (Å²) in [6.07, 6.45) is 3.28. The highest BCUT2D eigenvalue weighted by Crippen LogP contribution is 2.32. The number of carbonyl (C=O) groups excluding carboxylic acids is 1. The van der Waals surface area contributed by atoms with Crippen LogP contribution in [0.5, 0.6) is 0 Å². The summed E-state index contributed by atoms with van der Waals surface area (Å²) >= 11 is 0. The van der Waals surface area contributed by atoms with E-state index >= 15 is 0 Å². The first-order valence-corrected chi connectivity index (χ1v) is 8.41. The molecule has 19 heavy (non-hydrogen) atoms. The van der Waals surface area contributed by atoms with Gasteiger partial charge in [0.1, 0.15) is 0 Å². The van der Waals surface area contributed by atoms with Gasteiger partial charge in [0.15, 0.2) is 0 Å². The molecule has 1 aliphatic rings. The van der Waals surface area contributed by atoms with Crippen molar-refractivity contribution in [1.29, 1.82) is 0 Å². The van der Waals surface area contributed by atoms with Crippen LogP contribution in [0.4, 0.5) is 0 Å². The summed E-state index contributed by atoms with van der Waals surface area (Å²) in [5, 5.41) is 0. The molecule has 1 aromatic rings.